The van der Waals surface area contributed by atoms with Crippen LogP contribution in [0.2, 0.25) is 0 Å². The highest BCUT2D eigenvalue weighted by Crippen LogP contribution is 2.47. The van der Waals surface area contributed by atoms with Gasteiger partial charge in [-0.15, -0.1) is 0 Å². The van der Waals surface area contributed by atoms with Crippen molar-refractivity contribution in [3.63, 3.8) is 0 Å². The van der Waals surface area contributed by atoms with Crippen molar-refractivity contribution >= 4 is 0 Å². The molecule has 2 atom stereocenters. The van der Waals surface area contributed by atoms with Crippen LogP contribution in [0, 0.1) is 17.8 Å². The van der Waals surface area contributed by atoms with Crippen molar-refractivity contribution in [2.45, 2.75) is 108 Å². The van der Waals surface area contributed by atoms with Gasteiger partial charge in [0.25, 0.3) is 0 Å². The number of rotatable bonds is 6. The van der Waals surface area contributed by atoms with Crippen molar-refractivity contribution in [3.8, 4) is 0 Å². The lowest BCUT2D eigenvalue weighted by atomic mass is 9.67. The van der Waals surface area contributed by atoms with Gasteiger partial charge in [0.15, 0.2) is 0 Å². The fourth-order valence-electron chi connectivity index (χ4n) is 7.10. The summed E-state index contributed by atoms with van der Waals surface area (Å²) in [5.74, 6) is 3.09. The summed E-state index contributed by atoms with van der Waals surface area (Å²) < 4.78 is 5.86. The van der Waals surface area contributed by atoms with E-state index in [1.807, 2.05) is 0 Å². The highest BCUT2D eigenvalue weighted by molar-refractivity contribution is 5.12. The minimum absolute atomic E-state index is 0.207. The third kappa shape index (κ3) is 4.84. The molecular formula is C27H43N3O2. The molecule has 1 aromatic heterocycles. The Labute approximate surface area is 194 Å². The lowest BCUT2D eigenvalue weighted by molar-refractivity contribution is -0.0991. The van der Waals surface area contributed by atoms with Crippen LogP contribution in [-0.4, -0.2) is 39.8 Å². The summed E-state index contributed by atoms with van der Waals surface area (Å²) in [6.45, 7) is 3.55. The maximum atomic E-state index is 12.1. The standard InChI is InChI=1S/C27H43N3O2/c31-27(23-12-6-2-7-13-23,24-14-8-3-9-15-24)26-28-25(32-29-26)22-16-18-30(19-17-22)20-21-10-4-1-5-11-21/h2,6,21-24,31H,1,3-5,7-20H2. The van der Waals surface area contributed by atoms with Gasteiger partial charge < -0.3 is 14.5 Å². The Morgan fingerprint density at radius 1 is 0.875 bits per heavy atom. The molecule has 1 N–H and O–H groups in total. The van der Waals surface area contributed by atoms with Gasteiger partial charge in [-0.3, -0.25) is 0 Å². The summed E-state index contributed by atoms with van der Waals surface area (Å²) in [7, 11) is 0. The Morgan fingerprint density at radius 3 is 2.28 bits per heavy atom. The van der Waals surface area contributed by atoms with Crippen LogP contribution in [0.15, 0.2) is 16.7 Å². The number of piperidine rings is 1. The van der Waals surface area contributed by atoms with Crippen molar-refractivity contribution in [1.29, 1.82) is 0 Å². The summed E-state index contributed by atoms with van der Waals surface area (Å²) in [5, 5.41) is 16.6. The van der Waals surface area contributed by atoms with Crippen LogP contribution in [-0.2, 0) is 5.60 Å². The van der Waals surface area contributed by atoms with Crippen LogP contribution in [0.5, 0.6) is 0 Å². The average molecular weight is 442 g/mol. The first-order valence-corrected chi connectivity index (χ1v) is 13.7. The zero-order chi connectivity index (χ0) is 21.8. The summed E-state index contributed by atoms with van der Waals surface area (Å²) in [5.41, 5.74) is -0.936. The molecule has 5 heteroatoms. The van der Waals surface area contributed by atoms with Gasteiger partial charge in [-0.2, -0.15) is 4.98 Å². The predicted octanol–water partition coefficient (Wildman–Crippen LogP) is 5.95. The number of aromatic nitrogens is 2. The fourth-order valence-corrected chi connectivity index (χ4v) is 7.10. The molecule has 0 aromatic carbocycles. The minimum atomic E-state index is -0.936. The van der Waals surface area contributed by atoms with E-state index in [9.17, 15) is 5.11 Å². The second-order valence-electron chi connectivity index (χ2n) is 11.2. The highest BCUT2D eigenvalue weighted by Gasteiger charge is 2.49. The quantitative estimate of drug-likeness (QED) is 0.552. The van der Waals surface area contributed by atoms with E-state index in [1.165, 1.54) is 57.9 Å². The average Bonchev–Trinajstić information content (AvgIpc) is 3.37. The molecule has 0 spiro atoms. The van der Waals surface area contributed by atoms with Gasteiger partial charge in [0.05, 0.1) is 0 Å². The molecule has 0 amide bonds. The van der Waals surface area contributed by atoms with Crippen LogP contribution in [0.25, 0.3) is 0 Å². The summed E-state index contributed by atoms with van der Waals surface area (Å²) >= 11 is 0. The third-order valence-corrected chi connectivity index (χ3v) is 9.10. The monoisotopic (exact) mass is 441 g/mol. The number of hydrogen-bond donors (Lipinski definition) is 1. The van der Waals surface area contributed by atoms with E-state index in [4.69, 9.17) is 9.51 Å². The normalized spacial score (nSPS) is 29.2. The van der Waals surface area contributed by atoms with Gasteiger partial charge in [0, 0.05) is 12.5 Å². The van der Waals surface area contributed by atoms with E-state index < -0.39 is 5.60 Å². The number of likely N-dealkylation sites (tertiary alicyclic amines) is 1. The SMILES string of the molecule is OC(c1noc(C2CCN(CC3CCCCC3)CC2)n1)(C1CC=CCC1)C1CCCCC1. The van der Waals surface area contributed by atoms with Gasteiger partial charge >= 0.3 is 0 Å². The van der Waals surface area contributed by atoms with Crippen molar-refractivity contribution in [2.75, 3.05) is 19.6 Å². The first kappa shape index (κ1) is 22.6. The maximum absolute atomic E-state index is 12.1. The molecule has 2 unspecified atom stereocenters. The van der Waals surface area contributed by atoms with Crippen LogP contribution >= 0.6 is 0 Å². The topological polar surface area (TPSA) is 62.4 Å². The molecule has 1 aromatic rings. The van der Waals surface area contributed by atoms with Gasteiger partial charge in [0.2, 0.25) is 11.7 Å². The number of hydrogen-bond acceptors (Lipinski definition) is 5. The van der Waals surface area contributed by atoms with E-state index in [1.54, 1.807) is 0 Å². The van der Waals surface area contributed by atoms with E-state index in [0.29, 0.717) is 11.7 Å². The molecule has 5 rings (SSSR count). The zero-order valence-corrected chi connectivity index (χ0v) is 19.9. The van der Waals surface area contributed by atoms with E-state index >= 15 is 0 Å². The fraction of sp³-hybridized carbons (Fsp3) is 0.852. The van der Waals surface area contributed by atoms with E-state index in [2.05, 4.69) is 22.2 Å². The van der Waals surface area contributed by atoms with Crippen molar-refractivity contribution in [3.05, 3.63) is 23.9 Å². The van der Waals surface area contributed by atoms with Gasteiger partial charge in [-0.25, -0.2) is 0 Å². The number of nitrogens with zero attached hydrogens (tertiary/aromatic N) is 3. The van der Waals surface area contributed by atoms with E-state index in [-0.39, 0.29) is 11.8 Å². The molecule has 2 saturated carbocycles. The van der Waals surface area contributed by atoms with Crippen LogP contribution in [0.1, 0.15) is 114 Å². The maximum Gasteiger partial charge on any atom is 0.229 e. The molecule has 0 radical (unpaired) electrons. The minimum Gasteiger partial charge on any atom is -0.381 e. The van der Waals surface area contributed by atoms with Crippen LogP contribution < -0.4 is 0 Å². The Balaban J connectivity index is 1.25. The Kier molecular flexibility index (Phi) is 7.33. The second kappa shape index (κ2) is 10.4. The molecule has 4 aliphatic rings. The van der Waals surface area contributed by atoms with Crippen molar-refractivity contribution in [2.24, 2.45) is 17.8 Å². The lowest BCUT2D eigenvalue weighted by Crippen LogP contribution is -2.44. The highest BCUT2D eigenvalue weighted by atomic mass is 16.5. The van der Waals surface area contributed by atoms with Gasteiger partial charge in [-0.05, 0) is 88.6 Å². The first-order chi connectivity index (χ1) is 15.7. The molecule has 3 aliphatic carbocycles. The van der Waals surface area contributed by atoms with E-state index in [0.717, 1.165) is 69.8 Å². The van der Waals surface area contributed by atoms with Crippen LogP contribution in [0.3, 0.4) is 0 Å². The largest absolute Gasteiger partial charge is 0.381 e. The Bertz CT molecular complexity index is 742. The zero-order valence-electron chi connectivity index (χ0n) is 19.9. The van der Waals surface area contributed by atoms with Gasteiger partial charge in [-0.1, -0.05) is 55.8 Å². The molecule has 5 nitrogen and oxygen atoms in total. The molecule has 178 valence electrons. The van der Waals surface area contributed by atoms with Crippen LogP contribution in [0.4, 0.5) is 0 Å². The molecule has 2 heterocycles. The first-order valence-electron chi connectivity index (χ1n) is 13.7. The summed E-state index contributed by atoms with van der Waals surface area (Å²) in [6, 6.07) is 0. The number of aliphatic hydroxyl groups is 1. The third-order valence-electron chi connectivity index (χ3n) is 9.10. The predicted molar refractivity (Wildman–Crippen MR) is 126 cm³/mol. The molecule has 1 saturated heterocycles. The molecule has 0 bridgehead atoms. The molecular weight excluding hydrogens is 398 g/mol. The van der Waals surface area contributed by atoms with Gasteiger partial charge in [0.1, 0.15) is 5.60 Å². The van der Waals surface area contributed by atoms with Crippen molar-refractivity contribution in [1.82, 2.24) is 15.0 Å². The Morgan fingerprint density at radius 2 is 1.59 bits per heavy atom. The Hall–Kier alpha value is -1.20. The smallest absolute Gasteiger partial charge is 0.229 e. The van der Waals surface area contributed by atoms with Crippen molar-refractivity contribution < 1.29 is 9.63 Å². The second-order valence-corrected chi connectivity index (χ2v) is 11.2. The summed E-state index contributed by atoms with van der Waals surface area (Å²) in [4.78, 5) is 7.59. The lowest BCUT2D eigenvalue weighted by Gasteiger charge is -2.42. The molecule has 32 heavy (non-hydrogen) atoms. The number of allylic oxidation sites excluding steroid dienone is 2. The molecule has 1 aliphatic heterocycles. The summed E-state index contributed by atoms with van der Waals surface area (Å²) in [6.07, 6.45) is 22.7. The molecule has 3 fully saturated rings.